The number of hydrogen-bond acceptors (Lipinski definition) is 3. The molecule has 1 aromatic rings. The Hall–Kier alpha value is -1.59. The molecule has 0 aliphatic rings. The van der Waals surface area contributed by atoms with Crippen LogP contribution in [-0.2, 0) is 4.79 Å². The molecule has 19 heavy (non-hydrogen) atoms. The maximum Gasteiger partial charge on any atom is 0.321 e. The number of hydrogen-bond donors (Lipinski definition) is 3. The normalized spacial score (nSPS) is 11.7. The number of carbonyl (C=O) groups is 2. The number of halogens is 1. The topological polar surface area (TPSA) is 70.2 Å². The second-order valence-corrected chi connectivity index (χ2v) is 4.44. The third kappa shape index (κ3) is 5.28. The molecule has 0 aliphatic heterocycles. The summed E-state index contributed by atoms with van der Waals surface area (Å²) in [6, 6.07) is 6.86. The number of benzene rings is 1. The molecule has 0 spiro atoms. The van der Waals surface area contributed by atoms with E-state index in [1.807, 2.05) is 25.1 Å². The molecule has 1 unspecified atom stereocenters. The molecule has 5 nitrogen and oxygen atoms in total. The fourth-order valence-corrected chi connectivity index (χ4v) is 1.86. The van der Waals surface area contributed by atoms with E-state index in [9.17, 15) is 9.59 Å². The van der Waals surface area contributed by atoms with Crippen LogP contribution in [0.1, 0.15) is 25.5 Å². The predicted molar refractivity (Wildman–Crippen MR) is 75.1 cm³/mol. The van der Waals surface area contributed by atoms with Crippen molar-refractivity contribution in [3.05, 3.63) is 34.9 Å². The van der Waals surface area contributed by atoms with Gasteiger partial charge >= 0.3 is 6.03 Å². The zero-order valence-corrected chi connectivity index (χ0v) is 11.8. The largest absolute Gasteiger partial charge is 0.338 e. The van der Waals surface area contributed by atoms with Gasteiger partial charge in [-0.2, -0.15) is 0 Å². The Morgan fingerprint density at radius 3 is 2.63 bits per heavy atom. The molecule has 0 aromatic heterocycles. The molecule has 0 heterocycles. The Bertz CT molecular complexity index is 451. The molecule has 1 aromatic carbocycles. The Kier molecular flexibility index (Phi) is 6.32. The zero-order valence-electron chi connectivity index (χ0n) is 11.0. The van der Waals surface area contributed by atoms with Crippen LogP contribution in [0.25, 0.3) is 0 Å². The second-order valence-electron chi connectivity index (χ2n) is 4.03. The molecule has 3 N–H and O–H groups in total. The lowest BCUT2D eigenvalue weighted by molar-refractivity contribution is -0.119. The summed E-state index contributed by atoms with van der Waals surface area (Å²) in [5.74, 6) is -0.384. The van der Waals surface area contributed by atoms with Crippen LogP contribution in [-0.4, -0.2) is 25.0 Å². The van der Waals surface area contributed by atoms with Gasteiger partial charge in [-0.1, -0.05) is 29.8 Å². The van der Waals surface area contributed by atoms with Gasteiger partial charge in [-0.05, 0) is 25.5 Å². The molecule has 0 fully saturated rings. The van der Waals surface area contributed by atoms with Crippen LogP contribution in [0.3, 0.4) is 0 Å². The van der Waals surface area contributed by atoms with Crippen molar-refractivity contribution >= 4 is 23.5 Å². The minimum Gasteiger partial charge on any atom is -0.338 e. The van der Waals surface area contributed by atoms with Crippen molar-refractivity contribution in [2.45, 2.75) is 19.9 Å². The minimum atomic E-state index is -0.486. The Balaban J connectivity index is 2.42. The summed E-state index contributed by atoms with van der Waals surface area (Å²) in [4.78, 5) is 22.6. The number of rotatable bonds is 5. The van der Waals surface area contributed by atoms with Gasteiger partial charge in [0.15, 0.2) is 0 Å². The van der Waals surface area contributed by atoms with E-state index in [0.29, 0.717) is 11.6 Å². The van der Waals surface area contributed by atoms with E-state index >= 15 is 0 Å². The van der Waals surface area contributed by atoms with E-state index in [2.05, 4.69) is 16.0 Å². The summed E-state index contributed by atoms with van der Waals surface area (Å²) in [7, 11) is 0. The highest BCUT2D eigenvalue weighted by molar-refractivity contribution is 6.31. The lowest BCUT2D eigenvalue weighted by atomic mass is 10.1. The van der Waals surface area contributed by atoms with Crippen molar-refractivity contribution < 1.29 is 9.59 Å². The number of imide groups is 1. The Morgan fingerprint density at radius 2 is 2.00 bits per heavy atom. The highest BCUT2D eigenvalue weighted by Crippen LogP contribution is 2.21. The first-order valence-electron chi connectivity index (χ1n) is 6.10. The minimum absolute atomic E-state index is 0.0452. The molecule has 1 atom stereocenters. The number of nitrogens with one attached hydrogen (secondary N) is 3. The highest BCUT2D eigenvalue weighted by atomic mass is 35.5. The average Bonchev–Trinajstić information content (AvgIpc) is 2.36. The Morgan fingerprint density at radius 1 is 1.32 bits per heavy atom. The molecule has 104 valence electrons. The van der Waals surface area contributed by atoms with Crippen LogP contribution in [0.15, 0.2) is 24.3 Å². The fraction of sp³-hybridized carbons (Fsp3) is 0.385. The molecule has 0 radical (unpaired) electrons. The summed E-state index contributed by atoms with van der Waals surface area (Å²) in [5.41, 5.74) is 0.912. The van der Waals surface area contributed by atoms with Crippen LogP contribution in [0, 0.1) is 0 Å². The summed E-state index contributed by atoms with van der Waals surface area (Å²) in [5, 5.41) is 8.36. The van der Waals surface area contributed by atoms with Crippen LogP contribution in [0.2, 0.25) is 5.02 Å². The molecule has 3 amide bonds. The summed E-state index contributed by atoms with van der Waals surface area (Å²) >= 11 is 6.06. The van der Waals surface area contributed by atoms with Gasteiger partial charge in [0.1, 0.15) is 0 Å². The van der Waals surface area contributed by atoms with Crippen molar-refractivity contribution in [3.63, 3.8) is 0 Å². The zero-order chi connectivity index (χ0) is 14.3. The van der Waals surface area contributed by atoms with Gasteiger partial charge in [-0.3, -0.25) is 10.1 Å². The lowest BCUT2D eigenvalue weighted by Crippen LogP contribution is -2.43. The van der Waals surface area contributed by atoms with Crippen molar-refractivity contribution in [1.82, 2.24) is 16.0 Å². The van der Waals surface area contributed by atoms with Crippen LogP contribution in [0.4, 0.5) is 4.79 Å². The van der Waals surface area contributed by atoms with E-state index in [0.717, 1.165) is 5.56 Å². The van der Waals surface area contributed by atoms with Gasteiger partial charge in [0.25, 0.3) is 0 Å². The third-order valence-corrected chi connectivity index (χ3v) is 2.88. The van der Waals surface area contributed by atoms with Crippen LogP contribution >= 0.6 is 11.6 Å². The molecule has 1 rings (SSSR count). The third-order valence-electron chi connectivity index (χ3n) is 2.53. The lowest BCUT2D eigenvalue weighted by Gasteiger charge is -2.15. The first-order valence-corrected chi connectivity index (χ1v) is 6.48. The maximum absolute atomic E-state index is 11.5. The number of carbonyl (C=O) groups excluding carboxylic acids is 2. The quantitative estimate of drug-likeness (QED) is 0.772. The van der Waals surface area contributed by atoms with Crippen molar-refractivity contribution in [1.29, 1.82) is 0 Å². The van der Waals surface area contributed by atoms with Gasteiger partial charge < -0.3 is 10.6 Å². The molecule has 0 saturated carbocycles. The monoisotopic (exact) mass is 283 g/mol. The fourth-order valence-electron chi connectivity index (χ4n) is 1.56. The Labute approximate surface area is 117 Å². The standard InChI is InChI=1S/C13H18ClN3O2/c1-3-15-13(19)17-12(18)8-16-9(2)10-6-4-5-7-11(10)14/h4-7,9,16H,3,8H2,1-2H3,(H2,15,17,18,19). The van der Waals surface area contributed by atoms with Gasteiger partial charge in [0.2, 0.25) is 5.91 Å². The first kappa shape index (κ1) is 15.5. The predicted octanol–water partition coefficient (Wildman–Crippen LogP) is 1.84. The number of urea groups is 1. The smallest absolute Gasteiger partial charge is 0.321 e. The van der Waals surface area contributed by atoms with E-state index in [1.54, 1.807) is 13.0 Å². The molecule has 6 heteroatoms. The van der Waals surface area contributed by atoms with Gasteiger partial charge in [-0.25, -0.2) is 4.79 Å². The van der Waals surface area contributed by atoms with E-state index in [-0.39, 0.29) is 18.5 Å². The van der Waals surface area contributed by atoms with E-state index in [1.165, 1.54) is 0 Å². The molecule has 0 saturated heterocycles. The SMILES string of the molecule is CCNC(=O)NC(=O)CNC(C)c1ccccc1Cl. The molecular weight excluding hydrogens is 266 g/mol. The van der Waals surface area contributed by atoms with Crippen molar-refractivity contribution in [2.75, 3.05) is 13.1 Å². The molecule has 0 aliphatic carbocycles. The molecular formula is C13H18ClN3O2. The summed E-state index contributed by atoms with van der Waals surface area (Å²) < 4.78 is 0. The summed E-state index contributed by atoms with van der Waals surface area (Å²) in [6.07, 6.45) is 0. The van der Waals surface area contributed by atoms with Crippen LogP contribution < -0.4 is 16.0 Å². The van der Waals surface area contributed by atoms with Gasteiger partial charge in [0.05, 0.1) is 6.54 Å². The first-order chi connectivity index (χ1) is 9.04. The number of amides is 3. The van der Waals surface area contributed by atoms with Gasteiger partial charge in [0, 0.05) is 17.6 Å². The van der Waals surface area contributed by atoms with Crippen molar-refractivity contribution in [2.24, 2.45) is 0 Å². The van der Waals surface area contributed by atoms with E-state index < -0.39 is 6.03 Å². The van der Waals surface area contributed by atoms with E-state index in [4.69, 9.17) is 11.6 Å². The highest BCUT2D eigenvalue weighted by Gasteiger charge is 2.11. The molecule has 0 bridgehead atoms. The van der Waals surface area contributed by atoms with Crippen molar-refractivity contribution in [3.8, 4) is 0 Å². The summed E-state index contributed by atoms with van der Waals surface area (Å²) in [6.45, 7) is 4.20. The maximum atomic E-state index is 11.5. The average molecular weight is 284 g/mol. The van der Waals surface area contributed by atoms with Crippen LogP contribution in [0.5, 0.6) is 0 Å². The van der Waals surface area contributed by atoms with Gasteiger partial charge in [-0.15, -0.1) is 0 Å². The second kappa shape index (κ2) is 7.76.